The highest BCUT2D eigenvalue weighted by Gasteiger charge is 2.33. The number of rotatable bonds is 4. The highest BCUT2D eigenvalue weighted by molar-refractivity contribution is 5.87. The molecule has 0 saturated heterocycles. The molecule has 1 N–H and O–H groups in total. The molecule has 0 amide bonds. The van der Waals surface area contributed by atoms with E-state index in [1.165, 1.54) is 0 Å². The van der Waals surface area contributed by atoms with Crippen molar-refractivity contribution in [3.05, 3.63) is 120 Å². The summed E-state index contributed by atoms with van der Waals surface area (Å²) in [7, 11) is 0. The quantitative estimate of drug-likeness (QED) is 0.539. The lowest BCUT2D eigenvalue weighted by molar-refractivity contribution is 0.0827. The molecular weight excluding hydrogens is 304 g/mol. The van der Waals surface area contributed by atoms with E-state index in [-0.39, 0.29) is 0 Å². The van der Waals surface area contributed by atoms with E-state index in [0.29, 0.717) is 6.42 Å². The van der Waals surface area contributed by atoms with Crippen molar-refractivity contribution in [2.45, 2.75) is 12.0 Å². The second-order valence-corrected chi connectivity index (χ2v) is 6.42. The van der Waals surface area contributed by atoms with E-state index in [1.807, 2.05) is 72.8 Å². The lowest BCUT2D eigenvalue weighted by atomic mass is 9.79. The van der Waals surface area contributed by atoms with Crippen LogP contribution in [-0.4, -0.2) is 5.11 Å². The maximum absolute atomic E-state index is 11.9. The Labute approximate surface area is 148 Å². The van der Waals surface area contributed by atoms with E-state index in [1.54, 1.807) is 0 Å². The van der Waals surface area contributed by atoms with Crippen LogP contribution in [0.25, 0.3) is 10.8 Å². The van der Waals surface area contributed by atoms with Gasteiger partial charge in [-0.15, -0.1) is 0 Å². The molecule has 0 saturated carbocycles. The van der Waals surface area contributed by atoms with Gasteiger partial charge in [-0.1, -0.05) is 103 Å². The lowest BCUT2D eigenvalue weighted by Crippen LogP contribution is -2.30. The first-order valence-electron chi connectivity index (χ1n) is 8.57. The number of hydrogen-bond donors (Lipinski definition) is 1. The van der Waals surface area contributed by atoms with E-state index < -0.39 is 5.60 Å². The van der Waals surface area contributed by atoms with Gasteiger partial charge in [0.1, 0.15) is 5.60 Å². The molecule has 0 bridgehead atoms. The largest absolute Gasteiger partial charge is 0.380 e. The third-order valence-corrected chi connectivity index (χ3v) is 4.79. The number of aliphatic hydroxyl groups is 1. The molecule has 25 heavy (non-hydrogen) atoms. The van der Waals surface area contributed by atoms with Crippen LogP contribution >= 0.6 is 0 Å². The minimum Gasteiger partial charge on any atom is -0.380 e. The number of fused-ring (bicyclic) bond motifs is 1. The molecule has 4 aromatic rings. The molecule has 0 radical (unpaired) electrons. The van der Waals surface area contributed by atoms with Crippen molar-refractivity contribution < 1.29 is 5.11 Å². The van der Waals surface area contributed by atoms with Gasteiger partial charge in [-0.3, -0.25) is 0 Å². The summed E-state index contributed by atoms with van der Waals surface area (Å²) >= 11 is 0. The minimum absolute atomic E-state index is 0.534. The van der Waals surface area contributed by atoms with Gasteiger partial charge >= 0.3 is 0 Å². The van der Waals surface area contributed by atoms with E-state index in [2.05, 4.69) is 30.3 Å². The van der Waals surface area contributed by atoms with Gasteiger partial charge in [-0.25, -0.2) is 0 Å². The molecule has 1 heteroatoms. The normalized spacial score (nSPS) is 13.5. The highest BCUT2D eigenvalue weighted by Crippen LogP contribution is 2.37. The fourth-order valence-corrected chi connectivity index (χ4v) is 3.54. The second kappa shape index (κ2) is 6.54. The Hall–Kier alpha value is -2.90. The first-order chi connectivity index (χ1) is 12.3. The van der Waals surface area contributed by atoms with Crippen LogP contribution in [0.2, 0.25) is 0 Å². The predicted molar refractivity (Wildman–Crippen MR) is 104 cm³/mol. The standard InChI is InChI=1S/C24H20O/c25-24(21-14-5-2-6-15-21,18-19-10-3-1-4-11-19)23-17-9-13-20-12-7-8-16-22(20)23/h1-17,25H,18H2. The molecule has 0 heterocycles. The zero-order chi connectivity index (χ0) is 17.1. The lowest BCUT2D eigenvalue weighted by Gasteiger charge is -2.31. The predicted octanol–water partition coefficient (Wildman–Crippen LogP) is 5.32. The fraction of sp³-hybridized carbons (Fsp3) is 0.0833. The summed E-state index contributed by atoms with van der Waals surface area (Å²) in [5.74, 6) is 0. The maximum atomic E-state index is 11.9. The number of hydrogen-bond acceptors (Lipinski definition) is 1. The summed E-state index contributed by atoms with van der Waals surface area (Å²) in [4.78, 5) is 0. The van der Waals surface area contributed by atoms with Crippen LogP contribution in [-0.2, 0) is 12.0 Å². The second-order valence-electron chi connectivity index (χ2n) is 6.42. The molecule has 0 aromatic heterocycles. The third-order valence-electron chi connectivity index (χ3n) is 4.79. The topological polar surface area (TPSA) is 20.2 Å². The van der Waals surface area contributed by atoms with E-state index in [4.69, 9.17) is 0 Å². The Kier molecular flexibility index (Phi) is 4.09. The van der Waals surface area contributed by atoms with Crippen LogP contribution in [0.1, 0.15) is 16.7 Å². The van der Waals surface area contributed by atoms with Crippen LogP contribution in [0.15, 0.2) is 103 Å². The van der Waals surface area contributed by atoms with Crippen molar-refractivity contribution >= 4 is 10.8 Å². The molecule has 0 spiro atoms. The van der Waals surface area contributed by atoms with Gasteiger partial charge in [0.2, 0.25) is 0 Å². The zero-order valence-electron chi connectivity index (χ0n) is 14.0. The van der Waals surface area contributed by atoms with E-state index >= 15 is 0 Å². The van der Waals surface area contributed by atoms with Crippen LogP contribution in [0.5, 0.6) is 0 Å². The van der Waals surface area contributed by atoms with Gasteiger partial charge in [0.15, 0.2) is 0 Å². The monoisotopic (exact) mass is 324 g/mol. The molecule has 1 atom stereocenters. The Bertz CT molecular complexity index is 971. The molecule has 1 nitrogen and oxygen atoms in total. The molecule has 1 unspecified atom stereocenters. The molecule has 0 aliphatic carbocycles. The average Bonchev–Trinajstić information content (AvgIpc) is 2.69. The summed E-state index contributed by atoms with van der Waals surface area (Å²) in [6.45, 7) is 0. The van der Waals surface area contributed by atoms with Crippen LogP contribution in [0.3, 0.4) is 0 Å². The Morgan fingerprint density at radius 1 is 0.600 bits per heavy atom. The van der Waals surface area contributed by atoms with Crippen molar-refractivity contribution in [1.82, 2.24) is 0 Å². The average molecular weight is 324 g/mol. The van der Waals surface area contributed by atoms with E-state index in [0.717, 1.165) is 27.5 Å². The van der Waals surface area contributed by atoms with Gasteiger partial charge in [-0.05, 0) is 27.5 Å². The molecule has 0 aliphatic heterocycles. The van der Waals surface area contributed by atoms with Crippen molar-refractivity contribution in [1.29, 1.82) is 0 Å². The van der Waals surface area contributed by atoms with Crippen LogP contribution in [0.4, 0.5) is 0 Å². The Morgan fingerprint density at radius 3 is 1.96 bits per heavy atom. The minimum atomic E-state index is -1.08. The molecule has 4 rings (SSSR count). The summed E-state index contributed by atoms with van der Waals surface area (Å²) < 4.78 is 0. The summed E-state index contributed by atoms with van der Waals surface area (Å²) in [5.41, 5.74) is 1.89. The van der Waals surface area contributed by atoms with Crippen molar-refractivity contribution in [2.75, 3.05) is 0 Å². The molecular formula is C24H20O. The molecule has 4 aromatic carbocycles. The van der Waals surface area contributed by atoms with Gasteiger partial charge < -0.3 is 5.11 Å². The summed E-state index contributed by atoms with van der Waals surface area (Å²) in [6.07, 6.45) is 0.534. The molecule has 122 valence electrons. The van der Waals surface area contributed by atoms with Gasteiger partial charge in [0.05, 0.1) is 0 Å². The number of benzene rings is 4. The molecule has 0 fully saturated rings. The Morgan fingerprint density at radius 2 is 1.20 bits per heavy atom. The SMILES string of the molecule is OC(Cc1ccccc1)(c1ccccc1)c1cccc2ccccc12. The zero-order valence-corrected chi connectivity index (χ0v) is 14.0. The smallest absolute Gasteiger partial charge is 0.119 e. The summed E-state index contributed by atoms with van der Waals surface area (Å²) in [5, 5.41) is 14.1. The fourth-order valence-electron chi connectivity index (χ4n) is 3.54. The van der Waals surface area contributed by atoms with Gasteiger partial charge in [0, 0.05) is 6.42 Å². The highest BCUT2D eigenvalue weighted by atomic mass is 16.3. The van der Waals surface area contributed by atoms with Crippen molar-refractivity contribution in [2.24, 2.45) is 0 Å². The first kappa shape index (κ1) is 15.6. The van der Waals surface area contributed by atoms with Gasteiger partial charge in [-0.2, -0.15) is 0 Å². The molecule has 0 aliphatic rings. The third kappa shape index (κ3) is 2.95. The first-order valence-corrected chi connectivity index (χ1v) is 8.57. The van der Waals surface area contributed by atoms with Crippen LogP contribution < -0.4 is 0 Å². The van der Waals surface area contributed by atoms with Crippen molar-refractivity contribution in [3.63, 3.8) is 0 Å². The summed E-state index contributed by atoms with van der Waals surface area (Å²) in [6, 6.07) is 34.5. The van der Waals surface area contributed by atoms with Crippen LogP contribution in [0, 0.1) is 0 Å². The van der Waals surface area contributed by atoms with Crippen molar-refractivity contribution in [3.8, 4) is 0 Å². The maximum Gasteiger partial charge on any atom is 0.119 e. The Balaban J connectivity index is 1.94. The van der Waals surface area contributed by atoms with Gasteiger partial charge in [0.25, 0.3) is 0 Å². The van der Waals surface area contributed by atoms with E-state index in [9.17, 15) is 5.11 Å².